The van der Waals surface area contributed by atoms with E-state index in [1.54, 1.807) is 11.8 Å². The van der Waals surface area contributed by atoms with Crippen molar-refractivity contribution in [1.29, 1.82) is 0 Å². The van der Waals surface area contributed by atoms with Gasteiger partial charge in [-0.3, -0.25) is 4.79 Å². The first kappa shape index (κ1) is 18.3. The highest BCUT2D eigenvalue weighted by molar-refractivity contribution is 5.69. The summed E-state index contributed by atoms with van der Waals surface area (Å²) < 4.78 is 47.1. The van der Waals surface area contributed by atoms with Gasteiger partial charge in [-0.1, -0.05) is 0 Å². The lowest BCUT2D eigenvalue weighted by molar-refractivity contribution is -0.141. The number of hydrogen-bond donors (Lipinski definition) is 0. The van der Waals surface area contributed by atoms with Gasteiger partial charge in [-0.15, -0.1) is 0 Å². The third-order valence-corrected chi connectivity index (χ3v) is 5.92. The van der Waals surface area contributed by atoms with Crippen LogP contribution in [0, 0.1) is 5.92 Å². The quantitative estimate of drug-likeness (QED) is 0.744. The topological polar surface area (TPSA) is 58.6 Å². The number of ether oxygens (including phenoxy) is 1. The molecule has 1 aromatic heterocycles. The fraction of sp³-hybridized carbons (Fsp3) is 0.722. The number of halogens is 3. The van der Waals surface area contributed by atoms with E-state index in [1.165, 1.54) is 7.11 Å². The van der Waals surface area contributed by atoms with Crippen LogP contribution in [0.5, 0.6) is 0 Å². The minimum absolute atomic E-state index is 0.103. The second-order valence-electron chi connectivity index (χ2n) is 7.67. The van der Waals surface area contributed by atoms with E-state index in [0.717, 1.165) is 6.42 Å². The lowest BCUT2D eigenvalue weighted by Crippen LogP contribution is -2.57. The maximum atomic E-state index is 14.4. The molecule has 0 aromatic carbocycles. The van der Waals surface area contributed by atoms with Crippen LogP contribution in [0.15, 0.2) is 0 Å². The van der Waals surface area contributed by atoms with Gasteiger partial charge in [-0.2, -0.15) is 13.8 Å². The number of aromatic nitrogens is 2. The van der Waals surface area contributed by atoms with Gasteiger partial charge in [0.05, 0.1) is 26.1 Å². The number of alkyl halides is 3. The van der Waals surface area contributed by atoms with Gasteiger partial charge in [0.15, 0.2) is 0 Å². The van der Waals surface area contributed by atoms with Gasteiger partial charge in [0.25, 0.3) is 5.92 Å². The molecular formula is C18H23F3N4O2. The van der Waals surface area contributed by atoms with Gasteiger partial charge in [-0.05, 0) is 25.7 Å². The third kappa shape index (κ3) is 3.10. The Labute approximate surface area is 155 Å². The number of fused-ring (bicyclic) bond motifs is 1. The number of nitrogens with zero attached hydrogens (tertiary/aromatic N) is 4. The van der Waals surface area contributed by atoms with Crippen LogP contribution in [0.25, 0.3) is 0 Å². The van der Waals surface area contributed by atoms with Crippen molar-refractivity contribution in [3.05, 3.63) is 11.3 Å². The summed E-state index contributed by atoms with van der Waals surface area (Å²) in [6.45, 7) is 3.02. The van der Waals surface area contributed by atoms with Crippen LogP contribution in [0.3, 0.4) is 0 Å². The third-order valence-electron chi connectivity index (χ3n) is 5.92. The van der Waals surface area contributed by atoms with Crippen LogP contribution in [-0.4, -0.2) is 54.9 Å². The first-order valence-electron chi connectivity index (χ1n) is 9.32. The van der Waals surface area contributed by atoms with Crippen molar-refractivity contribution < 1.29 is 22.7 Å². The van der Waals surface area contributed by atoms with Crippen molar-refractivity contribution in [3.8, 4) is 0 Å². The van der Waals surface area contributed by atoms with Crippen molar-refractivity contribution in [2.75, 3.05) is 36.5 Å². The van der Waals surface area contributed by atoms with Gasteiger partial charge < -0.3 is 14.5 Å². The lowest BCUT2D eigenvalue weighted by atomic mass is 10.0. The summed E-state index contributed by atoms with van der Waals surface area (Å²) in [6, 6.07) is -0.420. The Morgan fingerprint density at radius 1 is 1.33 bits per heavy atom. The number of carbonyl (C=O) groups is 1. The van der Waals surface area contributed by atoms with Crippen LogP contribution in [0.2, 0.25) is 0 Å². The summed E-state index contributed by atoms with van der Waals surface area (Å²) in [6.07, 6.45) is 0.00967. The molecule has 0 amide bonds. The zero-order valence-electron chi connectivity index (χ0n) is 15.4. The van der Waals surface area contributed by atoms with Crippen molar-refractivity contribution in [2.45, 2.75) is 50.7 Å². The van der Waals surface area contributed by atoms with E-state index < -0.39 is 18.1 Å². The molecule has 6 nitrogen and oxygen atoms in total. The second-order valence-corrected chi connectivity index (χ2v) is 7.67. The molecule has 2 aliphatic heterocycles. The fourth-order valence-electron chi connectivity index (χ4n) is 4.12. The normalized spacial score (nSPS) is 28.9. The summed E-state index contributed by atoms with van der Waals surface area (Å²) in [5.74, 6) is -2.48. The zero-order valence-corrected chi connectivity index (χ0v) is 15.4. The van der Waals surface area contributed by atoms with E-state index >= 15 is 0 Å². The highest BCUT2D eigenvalue weighted by Gasteiger charge is 2.46. The maximum absolute atomic E-state index is 14.4. The molecular weight excluding hydrogens is 361 g/mol. The molecule has 0 N–H and O–H groups in total. The molecule has 1 aliphatic carbocycles. The van der Waals surface area contributed by atoms with Crippen LogP contribution < -0.4 is 9.80 Å². The Kier molecular flexibility index (Phi) is 4.43. The molecule has 148 valence electrons. The standard InChI is InChI=1S/C18H23F3N4O2/c1-10-13(19)9-25(10)17-22-15-12(3-5-18(15,20)21)16(23-17)24-6-4-11(8-24)7-14(26)27-2/h10-11,13H,3-9H2,1-2H3/t10?,11-,13?/m0/s1. The van der Waals surface area contributed by atoms with Crippen molar-refractivity contribution >= 4 is 17.7 Å². The summed E-state index contributed by atoms with van der Waals surface area (Å²) in [7, 11) is 1.35. The molecule has 0 saturated carbocycles. The molecule has 2 unspecified atom stereocenters. The van der Waals surface area contributed by atoms with Gasteiger partial charge in [0.1, 0.15) is 17.7 Å². The highest BCUT2D eigenvalue weighted by atomic mass is 19.3. The van der Waals surface area contributed by atoms with Crippen LogP contribution in [-0.2, 0) is 21.9 Å². The number of carbonyl (C=O) groups excluding carboxylic acids is 1. The number of hydrogen-bond acceptors (Lipinski definition) is 6. The van der Waals surface area contributed by atoms with Gasteiger partial charge in [0, 0.05) is 25.1 Å². The monoisotopic (exact) mass is 384 g/mol. The van der Waals surface area contributed by atoms with Crippen LogP contribution in [0.4, 0.5) is 24.9 Å². The van der Waals surface area contributed by atoms with Crippen molar-refractivity contribution in [2.24, 2.45) is 5.92 Å². The molecule has 2 fully saturated rings. The van der Waals surface area contributed by atoms with E-state index in [0.29, 0.717) is 30.9 Å². The van der Waals surface area contributed by atoms with Crippen molar-refractivity contribution in [3.63, 3.8) is 0 Å². The number of anilines is 2. The molecule has 0 radical (unpaired) electrons. The minimum atomic E-state index is -2.99. The van der Waals surface area contributed by atoms with Gasteiger partial charge >= 0.3 is 5.97 Å². The molecule has 3 atom stereocenters. The molecule has 3 heterocycles. The highest BCUT2D eigenvalue weighted by Crippen LogP contribution is 2.45. The smallest absolute Gasteiger partial charge is 0.305 e. The van der Waals surface area contributed by atoms with E-state index in [2.05, 4.69) is 9.97 Å². The van der Waals surface area contributed by atoms with Gasteiger partial charge in [-0.25, -0.2) is 9.37 Å². The molecule has 0 spiro atoms. The zero-order chi connectivity index (χ0) is 19.3. The van der Waals surface area contributed by atoms with Crippen LogP contribution in [0.1, 0.15) is 37.4 Å². The Balaban J connectivity index is 1.64. The first-order chi connectivity index (χ1) is 12.8. The Hall–Kier alpha value is -2.06. The Morgan fingerprint density at radius 2 is 2.11 bits per heavy atom. The number of rotatable bonds is 4. The second kappa shape index (κ2) is 6.53. The first-order valence-corrected chi connectivity index (χ1v) is 9.32. The summed E-state index contributed by atoms with van der Waals surface area (Å²) in [5.41, 5.74) is 0.251. The molecule has 9 heteroatoms. The summed E-state index contributed by atoms with van der Waals surface area (Å²) in [4.78, 5) is 23.8. The van der Waals surface area contributed by atoms with E-state index in [-0.39, 0.29) is 42.9 Å². The maximum Gasteiger partial charge on any atom is 0.305 e. The van der Waals surface area contributed by atoms with E-state index in [9.17, 15) is 18.0 Å². The number of methoxy groups -OCH3 is 1. The van der Waals surface area contributed by atoms with Crippen molar-refractivity contribution in [1.82, 2.24) is 9.97 Å². The lowest BCUT2D eigenvalue weighted by Gasteiger charge is -2.42. The average Bonchev–Trinajstić information content (AvgIpc) is 3.23. The fourth-order valence-corrected chi connectivity index (χ4v) is 4.12. The Morgan fingerprint density at radius 3 is 2.78 bits per heavy atom. The SMILES string of the molecule is COC(=O)C[C@@H]1CCN(c2nc(N3CC(F)C3C)nc3c2CCC3(F)F)C1. The average molecular weight is 384 g/mol. The largest absolute Gasteiger partial charge is 0.469 e. The molecule has 1 aromatic rings. The predicted molar refractivity (Wildman–Crippen MR) is 92.9 cm³/mol. The molecule has 2 saturated heterocycles. The van der Waals surface area contributed by atoms with Crippen LogP contribution >= 0.6 is 0 Å². The van der Waals surface area contributed by atoms with Gasteiger partial charge in [0.2, 0.25) is 5.95 Å². The van der Waals surface area contributed by atoms with E-state index in [1.807, 2.05) is 4.90 Å². The number of esters is 1. The van der Waals surface area contributed by atoms with E-state index in [4.69, 9.17) is 4.74 Å². The molecule has 4 rings (SSSR count). The minimum Gasteiger partial charge on any atom is -0.469 e. The molecule has 3 aliphatic rings. The Bertz CT molecular complexity index is 760. The molecule has 27 heavy (non-hydrogen) atoms. The molecule has 0 bridgehead atoms. The summed E-state index contributed by atoms with van der Waals surface area (Å²) in [5, 5.41) is 0. The predicted octanol–water partition coefficient (Wildman–Crippen LogP) is 2.45. The summed E-state index contributed by atoms with van der Waals surface area (Å²) >= 11 is 0.